The molecule has 0 spiro atoms. The van der Waals surface area contributed by atoms with E-state index < -0.39 is 12.2 Å². The Bertz CT molecular complexity index is 974. The van der Waals surface area contributed by atoms with Crippen LogP contribution in [0.4, 0.5) is 0 Å². The SMILES string of the molecule is C=CCO/N=C(\C=C\C[C@@H](C)C1=CC[C@H]2/C(=C/C=C3/C[C@@H](O)C[C@H](O)C3=C)CCC[C@]12C)C(C)(C)C. The molecule has 4 heteroatoms. The van der Waals surface area contributed by atoms with Crippen molar-refractivity contribution >= 4 is 5.71 Å². The average molecular weight is 494 g/mol. The number of nitrogens with zero attached hydrogens (tertiary/aromatic N) is 1. The zero-order valence-electron chi connectivity index (χ0n) is 23.1. The third-order valence-corrected chi connectivity index (χ3v) is 8.30. The van der Waals surface area contributed by atoms with Crippen LogP contribution in [0.5, 0.6) is 0 Å². The molecule has 5 atom stereocenters. The first-order valence-corrected chi connectivity index (χ1v) is 13.6. The summed E-state index contributed by atoms with van der Waals surface area (Å²) in [6.07, 6.45) is 18.4. The molecular formula is C32H47NO3. The Labute approximate surface area is 218 Å². The third-order valence-electron chi connectivity index (χ3n) is 8.30. The topological polar surface area (TPSA) is 62.0 Å². The van der Waals surface area contributed by atoms with Crippen molar-refractivity contribution in [3.8, 4) is 0 Å². The minimum Gasteiger partial charge on any atom is -0.393 e. The van der Waals surface area contributed by atoms with Crippen molar-refractivity contribution in [1.29, 1.82) is 0 Å². The summed E-state index contributed by atoms with van der Waals surface area (Å²) in [6.45, 7) is 19.4. The van der Waals surface area contributed by atoms with Crippen molar-refractivity contribution in [3.63, 3.8) is 0 Å². The van der Waals surface area contributed by atoms with Crippen LogP contribution in [0.15, 0.2) is 77.1 Å². The van der Waals surface area contributed by atoms with Gasteiger partial charge >= 0.3 is 0 Å². The maximum absolute atomic E-state index is 10.2. The lowest BCUT2D eigenvalue weighted by Crippen LogP contribution is -2.32. The number of aliphatic hydroxyl groups is 2. The molecule has 0 aliphatic heterocycles. The molecule has 36 heavy (non-hydrogen) atoms. The molecule has 0 aromatic carbocycles. The number of fused-ring (bicyclic) bond motifs is 1. The molecule has 0 amide bonds. The van der Waals surface area contributed by atoms with Gasteiger partial charge in [0.1, 0.15) is 6.61 Å². The number of hydrogen-bond acceptors (Lipinski definition) is 4. The van der Waals surface area contributed by atoms with Crippen molar-refractivity contribution in [2.75, 3.05) is 6.61 Å². The lowest BCUT2D eigenvalue weighted by Gasteiger charge is -2.42. The van der Waals surface area contributed by atoms with Crippen LogP contribution in [-0.4, -0.2) is 34.7 Å². The molecule has 0 bridgehead atoms. The molecule has 0 aromatic rings. The average Bonchev–Trinajstić information content (AvgIpc) is 3.16. The monoisotopic (exact) mass is 493 g/mol. The van der Waals surface area contributed by atoms with Crippen LogP contribution >= 0.6 is 0 Å². The van der Waals surface area contributed by atoms with Gasteiger partial charge < -0.3 is 15.1 Å². The number of rotatable bonds is 8. The molecule has 3 rings (SSSR count). The molecule has 0 radical (unpaired) electrons. The molecular weight excluding hydrogens is 446 g/mol. The van der Waals surface area contributed by atoms with Gasteiger partial charge in [0.25, 0.3) is 0 Å². The molecule has 2 N–H and O–H groups in total. The standard InChI is InChI=1S/C32H47NO3/c1-8-19-36-33-30(31(4,5)6)13-9-11-22(2)27-16-17-28-24(12-10-18-32(27,28)7)14-15-25-20-26(34)21-29(35)23(25)3/h8-9,13-16,22,26,28-29,34-35H,1,3,10-12,17-21H2,2,4-7H3/b13-9+,24-14+,25-15-,33-30+/t22-,26-,28+,29+,32-/m1/s1. The molecule has 2 saturated carbocycles. The summed E-state index contributed by atoms with van der Waals surface area (Å²) < 4.78 is 0. The van der Waals surface area contributed by atoms with Gasteiger partial charge in [-0.15, -0.1) is 0 Å². The Morgan fingerprint density at radius 2 is 2.06 bits per heavy atom. The smallest absolute Gasteiger partial charge is 0.135 e. The van der Waals surface area contributed by atoms with E-state index in [-0.39, 0.29) is 10.8 Å². The van der Waals surface area contributed by atoms with Crippen molar-refractivity contribution in [3.05, 3.63) is 71.9 Å². The first-order valence-electron chi connectivity index (χ1n) is 13.6. The van der Waals surface area contributed by atoms with Crippen LogP contribution in [0.25, 0.3) is 0 Å². The zero-order chi connectivity index (χ0) is 26.5. The van der Waals surface area contributed by atoms with E-state index in [4.69, 9.17) is 4.84 Å². The molecule has 0 heterocycles. The molecule has 3 aliphatic rings. The van der Waals surface area contributed by atoms with Gasteiger partial charge in [0, 0.05) is 11.8 Å². The van der Waals surface area contributed by atoms with E-state index in [1.807, 2.05) is 0 Å². The molecule has 0 saturated heterocycles. The van der Waals surface area contributed by atoms with Gasteiger partial charge in [-0.05, 0) is 73.0 Å². The largest absolute Gasteiger partial charge is 0.393 e. The van der Waals surface area contributed by atoms with Crippen LogP contribution < -0.4 is 0 Å². The fraction of sp³-hybridized carbons (Fsp3) is 0.594. The number of hydrogen-bond donors (Lipinski definition) is 2. The summed E-state index contributed by atoms with van der Waals surface area (Å²) in [6, 6.07) is 0. The minimum atomic E-state index is -0.638. The third kappa shape index (κ3) is 6.58. The maximum Gasteiger partial charge on any atom is 0.135 e. The minimum absolute atomic E-state index is 0.0854. The predicted octanol–water partition coefficient (Wildman–Crippen LogP) is 7.23. The highest BCUT2D eigenvalue weighted by molar-refractivity contribution is 5.98. The Morgan fingerprint density at radius 1 is 1.31 bits per heavy atom. The van der Waals surface area contributed by atoms with Crippen molar-refractivity contribution < 1.29 is 15.1 Å². The summed E-state index contributed by atoms with van der Waals surface area (Å²) >= 11 is 0. The van der Waals surface area contributed by atoms with E-state index in [9.17, 15) is 10.2 Å². The van der Waals surface area contributed by atoms with Crippen LogP contribution in [0.1, 0.15) is 79.6 Å². The lowest BCUT2D eigenvalue weighted by molar-refractivity contribution is 0.0862. The summed E-state index contributed by atoms with van der Waals surface area (Å²) in [5, 5.41) is 24.6. The zero-order valence-corrected chi connectivity index (χ0v) is 23.1. The van der Waals surface area contributed by atoms with Crippen LogP contribution in [-0.2, 0) is 4.84 Å². The molecule has 0 aromatic heterocycles. The Balaban J connectivity index is 1.71. The van der Waals surface area contributed by atoms with E-state index >= 15 is 0 Å². The van der Waals surface area contributed by atoms with Crippen LogP contribution in [0.3, 0.4) is 0 Å². The lowest BCUT2D eigenvalue weighted by atomic mass is 9.62. The summed E-state index contributed by atoms with van der Waals surface area (Å²) in [4.78, 5) is 5.38. The second kappa shape index (κ2) is 11.9. The number of aliphatic hydroxyl groups excluding tert-OH is 2. The van der Waals surface area contributed by atoms with E-state index in [0.29, 0.717) is 31.3 Å². The second-order valence-electron chi connectivity index (χ2n) is 12.1. The van der Waals surface area contributed by atoms with Crippen molar-refractivity contribution in [2.45, 2.75) is 91.8 Å². The molecule has 3 aliphatic carbocycles. The highest BCUT2D eigenvalue weighted by Crippen LogP contribution is 2.57. The number of oxime groups is 1. The quantitative estimate of drug-likeness (QED) is 0.162. The summed E-state index contributed by atoms with van der Waals surface area (Å²) in [5.41, 5.74) is 5.87. The van der Waals surface area contributed by atoms with E-state index in [0.717, 1.165) is 36.1 Å². The van der Waals surface area contributed by atoms with Gasteiger partial charge in [-0.25, -0.2) is 0 Å². The normalized spacial score (nSPS) is 32.6. The first kappa shape index (κ1) is 28.4. The van der Waals surface area contributed by atoms with Gasteiger partial charge in [-0.3, -0.25) is 0 Å². The van der Waals surface area contributed by atoms with Gasteiger partial charge in [0.05, 0.1) is 17.9 Å². The van der Waals surface area contributed by atoms with Crippen molar-refractivity contribution in [2.24, 2.45) is 27.8 Å². The second-order valence-corrected chi connectivity index (χ2v) is 12.1. The maximum atomic E-state index is 10.2. The van der Waals surface area contributed by atoms with Gasteiger partial charge in [-0.1, -0.05) is 94.5 Å². The van der Waals surface area contributed by atoms with Gasteiger partial charge in [0.15, 0.2) is 0 Å². The number of allylic oxidation sites excluding steroid dienone is 7. The highest BCUT2D eigenvalue weighted by atomic mass is 16.6. The van der Waals surface area contributed by atoms with Gasteiger partial charge in [-0.2, -0.15) is 0 Å². The predicted molar refractivity (Wildman–Crippen MR) is 151 cm³/mol. The molecule has 2 fully saturated rings. The fourth-order valence-corrected chi connectivity index (χ4v) is 6.17. The summed E-state index contributed by atoms with van der Waals surface area (Å²) in [7, 11) is 0. The highest BCUT2D eigenvalue weighted by Gasteiger charge is 2.45. The van der Waals surface area contributed by atoms with E-state index in [1.165, 1.54) is 18.4 Å². The molecule has 0 unspecified atom stereocenters. The Hall–Kier alpha value is -2.17. The first-order chi connectivity index (χ1) is 17.0. The fourth-order valence-electron chi connectivity index (χ4n) is 6.17. The Morgan fingerprint density at radius 3 is 2.75 bits per heavy atom. The van der Waals surface area contributed by atoms with E-state index in [1.54, 1.807) is 11.6 Å². The molecule has 4 nitrogen and oxygen atoms in total. The van der Waals surface area contributed by atoms with Crippen molar-refractivity contribution in [1.82, 2.24) is 0 Å². The molecule has 198 valence electrons. The van der Waals surface area contributed by atoms with Crippen LogP contribution in [0, 0.1) is 22.7 Å². The summed E-state index contributed by atoms with van der Waals surface area (Å²) in [5.74, 6) is 0.989. The van der Waals surface area contributed by atoms with E-state index in [2.05, 4.69) is 83.3 Å². The van der Waals surface area contributed by atoms with Gasteiger partial charge in [0.2, 0.25) is 0 Å². The Kier molecular flexibility index (Phi) is 9.40. The van der Waals surface area contributed by atoms with Crippen LogP contribution in [0.2, 0.25) is 0 Å².